The molecule has 2 aliphatic heterocycles. The zero-order valence-corrected chi connectivity index (χ0v) is 16.4. The van der Waals surface area contributed by atoms with E-state index in [0.717, 1.165) is 18.7 Å². The number of nitrogens with one attached hydrogen (secondary N) is 2. The Morgan fingerprint density at radius 1 is 1.19 bits per heavy atom. The molecule has 0 atom stereocenters. The summed E-state index contributed by atoms with van der Waals surface area (Å²) in [6, 6.07) is 8.19. The van der Waals surface area contributed by atoms with Gasteiger partial charge in [0.1, 0.15) is 5.60 Å². The van der Waals surface area contributed by atoms with Crippen LogP contribution in [-0.2, 0) is 20.9 Å². The maximum atomic E-state index is 13.0. The number of carbonyl (C=O) groups excluding carboxylic acids is 2. The lowest BCUT2D eigenvalue weighted by Gasteiger charge is -2.41. The first-order valence-electron chi connectivity index (χ1n) is 9.92. The Labute approximate surface area is 161 Å². The lowest BCUT2D eigenvalue weighted by molar-refractivity contribution is -0.160. The van der Waals surface area contributed by atoms with E-state index in [2.05, 4.69) is 29.7 Å². The zero-order chi connectivity index (χ0) is 19.3. The molecular weight excluding hydrogens is 342 g/mol. The smallest absolute Gasteiger partial charge is 0.254 e. The number of amides is 2. The number of piperidine rings is 2. The normalized spacial score (nSPS) is 20.3. The van der Waals surface area contributed by atoms with Crippen LogP contribution in [0, 0.1) is 12.8 Å². The van der Waals surface area contributed by atoms with Gasteiger partial charge in [-0.1, -0.05) is 29.8 Å². The standard InChI is InChI=1S/C21H31N3O3/c1-16-3-5-17(6-4-16)15-23-19(25)18-7-13-24(14-8-18)20(26)21(27-2)9-11-22-12-10-21/h3-6,18,22H,7-15H2,1-2H3,(H,23,25). The van der Waals surface area contributed by atoms with Gasteiger partial charge in [0, 0.05) is 32.7 Å². The Hall–Kier alpha value is -1.92. The van der Waals surface area contributed by atoms with Crippen molar-refractivity contribution < 1.29 is 14.3 Å². The molecular formula is C21H31N3O3. The molecule has 2 aliphatic rings. The van der Waals surface area contributed by atoms with Crippen LogP contribution in [0.3, 0.4) is 0 Å². The van der Waals surface area contributed by atoms with Crippen molar-refractivity contribution in [3.05, 3.63) is 35.4 Å². The summed E-state index contributed by atoms with van der Waals surface area (Å²) >= 11 is 0. The molecule has 3 rings (SSSR count). The quantitative estimate of drug-likeness (QED) is 0.823. The van der Waals surface area contributed by atoms with Crippen LogP contribution in [0.25, 0.3) is 0 Å². The third kappa shape index (κ3) is 4.68. The topological polar surface area (TPSA) is 70.7 Å². The second-order valence-corrected chi connectivity index (χ2v) is 7.72. The lowest BCUT2D eigenvalue weighted by Crippen LogP contribution is -2.57. The molecule has 0 spiro atoms. The van der Waals surface area contributed by atoms with E-state index in [4.69, 9.17) is 4.74 Å². The van der Waals surface area contributed by atoms with Crippen LogP contribution in [0.1, 0.15) is 36.8 Å². The maximum Gasteiger partial charge on any atom is 0.254 e. The van der Waals surface area contributed by atoms with Gasteiger partial charge in [0.05, 0.1) is 0 Å². The molecule has 6 nitrogen and oxygen atoms in total. The van der Waals surface area contributed by atoms with E-state index in [0.29, 0.717) is 45.3 Å². The van der Waals surface area contributed by atoms with Gasteiger partial charge in [-0.15, -0.1) is 0 Å². The number of methoxy groups -OCH3 is 1. The summed E-state index contributed by atoms with van der Waals surface area (Å²) in [7, 11) is 1.63. The fourth-order valence-corrected chi connectivity index (χ4v) is 4.01. The molecule has 2 N–H and O–H groups in total. The Morgan fingerprint density at radius 2 is 1.81 bits per heavy atom. The van der Waals surface area contributed by atoms with Crippen LogP contribution in [0.4, 0.5) is 0 Å². The van der Waals surface area contributed by atoms with E-state index in [1.807, 2.05) is 17.0 Å². The Balaban J connectivity index is 1.48. The summed E-state index contributed by atoms with van der Waals surface area (Å²) in [6.07, 6.45) is 2.84. The maximum absolute atomic E-state index is 13.0. The summed E-state index contributed by atoms with van der Waals surface area (Å²) in [5, 5.41) is 6.32. The molecule has 2 saturated heterocycles. The molecule has 148 valence electrons. The first-order chi connectivity index (χ1) is 13.0. The first-order valence-corrected chi connectivity index (χ1v) is 9.92. The van der Waals surface area contributed by atoms with Crippen molar-refractivity contribution in [1.29, 1.82) is 0 Å². The molecule has 0 aromatic heterocycles. The van der Waals surface area contributed by atoms with Crippen LogP contribution in [0.15, 0.2) is 24.3 Å². The van der Waals surface area contributed by atoms with Gasteiger partial charge in [-0.25, -0.2) is 0 Å². The minimum absolute atomic E-state index is 0.0222. The second-order valence-electron chi connectivity index (χ2n) is 7.72. The van der Waals surface area contributed by atoms with Crippen LogP contribution >= 0.6 is 0 Å². The van der Waals surface area contributed by atoms with Crippen LogP contribution in [-0.4, -0.2) is 55.6 Å². The van der Waals surface area contributed by atoms with Gasteiger partial charge in [-0.2, -0.15) is 0 Å². The van der Waals surface area contributed by atoms with Gasteiger partial charge < -0.3 is 20.3 Å². The van der Waals surface area contributed by atoms with Crippen molar-refractivity contribution in [3.8, 4) is 0 Å². The molecule has 1 aromatic carbocycles. The number of hydrogen-bond acceptors (Lipinski definition) is 4. The molecule has 0 saturated carbocycles. The molecule has 27 heavy (non-hydrogen) atoms. The highest BCUT2D eigenvalue weighted by molar-refractivity contribution is 5.86. The molecule has 0 unspecified atom stereocenters. The van der Waals surface area contributed by atoms with Crippen LogP contribution in [0.5, 0.6) is 0 Å². The molecule has 2 amide bonds. The van der Waals surface area contributed by atoms with Gasteiger partial charge in [0.15, 0.2) is 0 Å². The molecule has 0 radical (unpaired) electrons. The van der Waals surface area contributed by atoms with E-state index in [9.17, 15) is 9.59 Å². The number of likely N-dealkylation sites (tertiary alicyclic amines) is 1. The Kier molecular flexibility index (Phi) is 6.50. The SMILES string of the molecule is COC1(C(=O)N2CCC(C(=O)NCc3ccc(C)cc3)CC2)CCNCC1. The van der Waals surface area contributed by atoms with Crippen molar-refractivity contribution >= 4 is 11.8 Å². The van der Waals surface area contributed by atoms with Crippen LogP contribution < -0.4 is 10.6 Å². The summed E-state index contributed by atoms with van der Waals surface area (Å²) in [6.45, 7) is 5.46. The molecule has 2 fully saturated rings. The summed E-state index contributed by atoms with van der Waals surface area (Å²) in [5.41, 5.74) is 1.63. The van der Waals surface area contributed by atoms with Crippen LogP contribution in [0.2, 0.25) is 0 Å². The summed E-state index contributed by atoms with van der Waals surface area (Å²) in [5.74, 6) is 0.155. The number of benzene rings is 1. The Morgan fingerprint density at radius 3 is 2.41 bits per heavy atom. The number of nitrogens with zero attached hydrogens (tertiary/aromatic N) is 1. The van der Waals surface area contributed by atoms with Gasteiger partial charge >= 0.3 is 0 Å². The Bertz CT molecular complexity index is 645. The van der Waals surface area contributed by atoms with Crippen molar-refractivity contribution in [3.63, 3.8) is 0 Å². The third-order valence-electron chi connectivity index (χ3n) is 5.93. The third-order valence-corrected chi connectivity index (χ3v) is 5.93. The number of ether oxygens (including phenoxy) is 1. The minimum Gasteiger partial charge on any atom is -0.368 e. The highest BCUT2D eigenvalue weighted by atomic mass is 16.5. The summed E-state index contributed by atoms with van der Waals surface area (Å²) in [4.78, 5) is 27.4. The van der Waals surface area contributed by atoms with E-state index < -0.39 is 5.60 Å². The fraction of sp³-hybridized carbons (Fsp3) is 0.619. The highest BCUT2D eigenvalue weighted by Gasteiger charge is 2.43. The highest BCUT2D eigenvalue weighted by Crippen LogP contribution is 2.28. The van der Waals surface area contributed by atoms with Gasteiger partial charge in [0.25, 0.3) is 5.91 Å². The number of hydrogen-bond donors (Lipinski definition) is 2. The minimum atomic E-state index is -0.689. The van der Waals surface area contributed by atoms with Crippen molar-refractivity contribution in [2.75, 3.05) is 33.3 Å². The molecule has 0 bridgehead atoms. The molecule has 0 aliphatic carbocycles. The number of rotatable bonds is 5. The molecule has 6 heteroatoms. The van der Waals surface area contributed by atoms with Gasteiger partial charge in [-0.3, -0.25) is 9.59 Å². The largest absolute Gasteiger partial charge is 0.368 e. The van der Waals surface area contributed by atoms with E-state index in [-0.39, 0.29) is 17.7 Å². The van der Waals surface area contributed by atoms with E-state index >= 15 is 0 Å². The average Bonchev–Trinajstić information content (AvgIpc) is 2.73. The predicted octanol–water partition coefficient (Wildman–Crippen LogP) is 1.62. The number of aryl methyl sites for hydroxylation is 1. The van der Waals surface area contributed by atoms with Crippen molar-refractivity contribution in [2.45, 2.75) is 44.8 Å². The monoisotopic (exact) mass is 373 g/mol. The summed E-state index contributed by atoms with van der Waals surface area (Å²) < 4.78 is 5.65. The fourth-order valence-electron chi connectivity index (χ4n) is 4.01. The first kappa shape index (κ1) is 19.8. The van der Waals surface area contributed by atoms with Crippen molar-refractivity contribution in [2.24, 2.45) is 5.92 Å². The van der Waals surface area contributed by atoms with Gasteiger partial charge in [0.2, 0.25) is 5.91 Å². The second kappa shape index (κ2) is 8.85. The number of carbonyl (C=O) groups is 2. The van der Waals surface area contributed by atoms with Crippen molar-refractivity contribution in [1.82, 2.24) is 15.5 Å². The molecule has 1 aromatic rings. The van der Waals surface area contributed by atoms with E-state index in [1.54, 1.807) is 7.11 Å². The zero-order valence-electron chi connectivity index (χ0n) is 16.4. The molecule has 2 heterocycles. The average molecular weight is 373 g/mol. The van der Waals surface area contributed by atoms with Gasteiger partial charge in [-0.05, 0) is 51.3 Å². The predicted molar refractivity (Wildman–Crippen MR) is 104 cm³/mol. The van der Waals surface area contributed by atoms with E-state index in [1.165, 1.54) is 5.56 Å². The lowest BCUT2D eigenvalue weighted by atomic mass is 9.88.